The Labute approximate surface area is 192 Å². The number of amides is 3. The molecule has 3 heterocycles. The zero-order chi connectivity index (χ0) is 22.5. The molecule has 4 rings (SSSR count). The molecule has 0 bridgehead atoms. The normalized spacial score (nSPS) is 21.0. The van der Waals surface area contributed by atoms with Crippen LogP contribution in [0.2, 0.25) is 5.02 Å². The lowest BCUT2D eigenvalue weighted by Crippen LogP contribution is -2.46. The van der Waals surface area contributed by atoms with E-state index in [1.165, 1.54) is 6.20 Å². The van der Waals surface area contributed by atoms with Crippen LogP contribution in [-0.4, -0.2) is 70.2 Å². The van der Waals surface area contributed by atoms with Crippen molar-refractivity contribution in [3.63, 3.8) is 0 Å². The molecule has 2 aliphatic heterocycles. The van der Waals surface area contributed by atoms with Gasteiger partial charge in [-0.15, -0.1) is 0 Å². The molecule has 2 fully saturated rings. The number of urea groups is 1. The highest BCUT2D eigenvalue weighted by Crippen LogP contribution is 2.24. The maximum Gasteiger partial charge on any atom is 0.322 e. The first-order chi connectivity index (χ1) is 15.5. The van der Waals surface area contributed by atoms with Gasteiger partial charge in [0.15, 0.2) is 0 Å². The summed E-state index contributed by atoms with van der Waals surface area (Å²) in [5.74, 6) is 0.0795. The average Bonchev–Trinajstić information content (AvgIpc) is 3.45. The Morgan fingerprint density at radius 1 is 1.09 bits per heavy atom. The number of nitrogens with one attached hydrogen (secondary N) is 2. The lowest BCUT2D eigenvalue weighted by atomic mass is 10.1. The molecule has 1 aromatic carbocycles. The molecule has 2 aromatic rings. The van der Waals surface area contributed by atoms with Gasteiger partial charge in [-0.25, -0.2) is 9.78 Å². The van der Waals surface area contributed by atoms with Crippen molar-refractivity contribution in [3.8, 4) is 0 Å². The fourth-order valence-corrected chi connectivity index (χ4v) is 4.59. The summed E-state index contributed by atoms with van der Waals surface area (Å²) in [7, 11) is 0. The lowest BCUT2D eigenvalue weighted by molar-refractivity contribution is 0.102. The number of aliphatic hydroxyl groups excluding tert-OH is 1. The van der Waals surface area contributed by atoms with Crippen LogP contribution in [0.15, 0.2) is 42.6 Å². The third kappa shape index (κ3) is 5.38. The van der Waals surface area contributed by atoms with Crippen molar-refractivity contribution in [2.45, 2.75) is 37.8 Å². The van der Waals surface area contributed by atoms with Crippen LogP contribution in [0.3, 0.4) is 0 Å². The van der Waals surface area contributed by atoms with Crippen molar-refractivity contribution in [2.24, 2.45) is 0 Å². The summed E-state index contributed by atoms with van der Waals surface area (Å²) >= 11 is 5.83. The Morgan fingerprint density at radius 2 is 1.91 bits per heavy atom. The van der Waals surface area contributed by atoms with Crippen LogP contribution in [0, 0.1) is 0 Å². The number of hydrogen-bond acceptors (Lipinski definition) is 5. The maximum atomic E-state index is 13.0. The van der Waals surface area contributed by atoms with Crippen LogP contribution < -0.4 is 10.6 Å². The summed E-state index contributed by atoms with van der Waals surface area (Å²) < 4.78 is 0. The van der Waals surface area contributed by atoms with Crippen LogP contribution in [0.5, 0.6) is 0 Å². The van der Waals surface area contributed by atoms with Crippen molar-refractivity contribution >= 4 is 35.0 Å². The summed E-state index contributed by atoms with van der Waals surface area (Å²) in [6, 6.07) is 10.3. The topological polar surface area (TPSA) is 97.8 Å². The Morgan fingerprint density at radius 3 is 2.69 bits per heavy atom. The van der Waals surface area contributed by atoms with Gasteiger partial charge in [0.25, 0.3) is 5.91 Å². The van der Waals surface area contributed by atoms with Crippen LogP contribution >= 0.6 is 11.6 Å². The minimum Gasteiger partial charge on any atom is -0.395 e. The van der Waals surface area contributed by atoms with E-state index in [0.717, 1.165) is 38.8 Å². The minimum absolute atomic E-state index is 0.129. The number of aromatic nitrogens is 1. The van der Waals surface area contributed by atoms with E-state index in [0.29, 0.717) is 28.6 Å². The quantitative estimate of drug-likeness (QED) is 0.617. The predicted octanol–water partition coefficient (Wildman–Crippen LogP) is 3.44. The third-order valence-electron chi connectivity index (χ3n) is 6.14. The average molecular weight is 458 g/mol. The van der Waals surface area contributed by atoms with Gasteiger partial charge in [-0.1, -0.05) is 17.7 Å². The van der Waals surface area contributed by atoms with Crippen LogP contribution in [0.4, 0.5) is 16.3 Å². The standard InChI is InChI=1S/C23H28ClN5O3/c24-17-8-9-21(25-13-17)27-22(31)16-4-1-5-18(12-16)26-23(32)29-11-3-6-19(29)14-28-10-2-7-20(28)15-30/h1,4-5,8-9,12-13,19-20,30H,2-3,6-7,10-11,14-15H2,(H,26,32)(H,25,27,31). The molecule has 32 heavy (non-hydrogen) atoms. The molecule has 2 unspecified atom stereocenters. The second-order valence-corrected chi connectivity index (χ2v) is 8.73. The Balaban J connectivity index is 1.37. The second-order valence-electron chi connectivity index (χ2n) is 8.29. The fourth-order valence-electron chi connectivity index (χ4n) is 4.48. The molecule has 8 nitrogen and oxygen atoms in total. The first kappa shape index (κ1) is 22.5. The number of carbonyl (C=O) groups excluding carboxylic acids is 2. The highest BCUT2D eigenvalue weighted by atomic mass is 35.5. The highest BCUT2D eigenvalue weighted by Gasteiger charge is 2.33. The van der Waals surface area contributed by atoms with Gasteiger partial charge in [-0.2, -0.15) is 0 Å². The zero-order valence-corrected chi connectivity index (χ0v) is 18.6. The number of rotatable bonds is 6. The number of nitrogens with zero attached hydrogens (tertiary/aromatic N) is 3. The summed E-state index contributed by atoms with van der Waals surface area (Å²) in [6.07, 6.45) is 5.48. The Bertz CT molecular complexity index is 955. The van der Waals surface area contributed by atoms with Crippen LogP contribution in [0.25, 0.3) is 0 Å². The lowest BCUT2D eigenvalue weighted by Gasteiger charge is -2.31. The number of halogens is 1. The smallest absolute Gasteiger partial charge is 0.322 e. The first-order valence-corrected chi connectivity index (χ1v) is 11.4. The summed E-state index contributed by atoms with van der Waals surface area (Å²) in [6.45, 7) is 2.63. The predicted molar refractivity (Wildman–Crippen MR) is 124 cm³/mol. The summed E-state index contributed by atoms with van der Waals surface area (Å²) in [4.78, 5) is 33.8. The molecule has 9 heteroatoms. The summed E-state index contributed by atoms with van der Waals surface area (Å²) in [5.41, 5.74) is 0.979. The van der Waals surface area contributed by atoms with Crippen molar-refractivity contribution in [1.29, 1.82) is 0 Å². The largest absolute Gasteiger partial charge is 0.395 e. The van der Waals surface area contributed by atoms with E-state index in [1.807, 2.05) is 4.90 Å². The van der Waals surface area contributed by atoms with Gasteiger partial charge in [0.2, 0.25) is 0 Å². The number of anilines is 2. The van der Waals surface area contributed by atoms with E-state index >= 15 is 0 Å². The van der Waals surface area contributed by atoms with E-state index in [-0.39, 0.29) is 30.6 Å². The molecule has 1 aromatic heterocycles. The Hall–Kier alpha value is -2.68. The molecule has 0 aliphatic carbocycles. The van der Waals surface area contributed by atoms with E-state index in [4.69, 9.17) is 11.6 Å². The van der Waals surface area contributed by atoms with Gasteiger partial charge in [0.1, 0.15) is 5.82 Å². The maximum absolute atomic E-state index is 13.0. The molecular weight excluding hydrogens is 430 g/mol. The molecule has 0 spiro atoms. The molecule has 3 amide bonds. The molecule has 0 saturated carbocycles. The van der Waals surface area contributed by atoms with Crippen molar-refractivity contribution < 1.29 is 14.7 Å². The van der Waals surface area contributed by atoms with E-state index < -0.39 is 0 Å². The van der Waals surface area contributed by atoms with Crippen molar-refractivity contribution in [3.05, 3.63) is 53.2 Å². The van der Waals surface area contributed by atoms with E-state index in [1.54, 1.807) is 36.4 Å². The first-order valence-electron chi connectivity index (χ1n) is 11.0. The van der Waals surface area contributed by atoms with Crippen molar-refractivity contribution in [1.82, 2.24) is 14.8 Å². The number of aliphatic hydroxyl groups is 1. The monoisotopic (exact) mass is 457 g/mol. The molecule has 2 atom stereocenters. The number of hydrogen-bond donors (Lipinski definition) is 3. The molecule has 2 aliphatic rings. The Kier molecular flexibility index (Phi) is 7.24. The van der Waals surface area contributed by atoms with Crippen molar-refractivity contribution in [2.75, 3.05) is 36.9 Å². The molecule has 3 N–H and O–H groups in total. The van der Waals surface area contributed by atoms with Gasteiger partial charge in [-0.05, 0) is 62.6 Å². The van der Waals surface area contributed by atoms with Gasteiger partial charge in [0, 0.05) is 42.6 Å². The highest BCUT2D eigenvalue weighted by molar-refractivity contribution is 6.30. The van der Waals surface area contributed by atoms with Gasteiger partial charge < -0.3 is 20.6 Å². The van der Waals surface area contributed by atoms with E-state index in [9.17, 15) is 14.7 Å². The molecule has 170 valence electrons. The van der Waals surface area contributed by atoms with Gasteiger partial charge in [-0.3, -0.25) is 9.69 Å². The number of pyridine rings is 1. The van der Waals surface area contributed by atoms with E-state index in [2.05, 4.69) is 20.5 Å². The van der Waals surface area contributed by atoms with Crippen LogP contribution in [-0.2, 0) is 0 Å². The van der Waals surface area contributed by atoms with Gasteiger partial charge >= 0.3 is 6.03 Å². The summed E-state index contributed by atoms with van der Waals surface area (Å²) in [5, 5.41) is 15.7. The number of benzene rings is 1. The number of likely N-dealkylation sites (tertiary alicyclic amines) is 2. The SMILES string of the molecule is O=C(Nc1ccc(Cl)cn1)c1cccc(NC(=O)N2CCCC2CN2CCCC2CO)c1. The molecule has 2 saturated heterocycles. The molecular formula is C23H28ClN5O3. The zero-order valence-electron chi connectivity index (χ0n) is 17.8. The van der Waals surface area contributed by atoms with Crippen LogP contribution in [0.1, 0.15) is 36.0 Å². The van der Waals surface area contributed by atoms with Gasteiger partial charge in [0.05, 0.1) is 11.6 Å². The second kappa shape index (κ2) is 10.3. The fraction of sp³-hybridized carbons (Fsp3) is 0.435. The molecule has 0 radical (unpaired) electrons. The minimum atomic E-state index is -0.320. The third-order valence-corrected chi connectivity index (χ3v) is 6.36. The number of carbonyl (C=O) groups is 2.